The summed E-state index contributed by atoms with van der Waals surface area (Å²) in [6.45, 7) is 1.68. The molecule has 0 saturated carbocycles. The van der Waals surface area contributed by atoms with Crippen molar-refractivity contribution in [3.05, 3.63) is 87.8 Å². The van der Waals surface area contributed by atoms with Gasteiger partial charge in [0.2, 0.25) is 11.8 Å². The molecule has 0 bridgehead atoms. The normalized spacial score (nSPS) is 11.5. The van der Waals surface area contributed by atoms with E-state index in [4.69, 9.17) is 5.11 Å². The number of carboxylic acid groups (broad SMARTS) is 1. The fourth-order valence-corrected chi connectivity index (χ4v) is 2.24. The molecule has 140 valence electrons. The van der Waals surface area contributed by atoms with Gasteiger partial charge in [0.25, 0.3) is 5.56 Å². The Morgan fingerprint density at radius 2 is 1.79 bits per heavy atom. The van der Waals surface area contributed by atoms with Gasteiger partial charge in [-0.25, -0.2) is 9.78 Å². The Hall–Kier alpha value is -4.14. The van der Waals surface area contributed by atoms with Crippen LogP contribution >= 0.6 is 0 Å². The maximum atomic E-state index is 11.5. The Bertz CT molecular complexity index is 1090. The molecule has 0 aliphatic rings. The molecule has 0 unspecified atom stereocenters. The molecule has 28 heavy (non-hydrogen) atoms. The highest BCUT2D eigenvalue weighted by atomic mass is 16.4. The first kappa shape index (κ1) is 18.6. The quantitative estimate of drug-likeness (QED) is 0.272. The zero-order chi connectivity index (χ0) is 19.9. The number of aromatic carboxylic acids is 1. The summed E-state index contributed by atoms with van der Waals surface area (Å²) in [5.41, 5.74) is 4.46. The van der Waals surface area contributed by atoms with Crippen LogP contribution in [-0.2, 0) is 0 Å². The van der Waals surface area contributed by atoms with Gasteiger partial charge in [-0.15, -0.1) is 10.2 Å². The van der Waals surface area contributed by atoms with Gasteiger partial charge in [-0.05, 0) is 31.2 Å². The third-order valence-corrected chi connectivity index (χ3v) is 3.55. The first-order chi connectivity index (χ1) is 13.5. The third-order valence-electron chi connectivity index (χ3n) is 3.55. The molecule has 0 aliphatic heterocycles. The fourth-order valence-electron chi connectivity index (χ4n) is 2.24. The number of carboxylic acids is 1. The van der Waals surface area contributed by atoms with Gasteiger partial charge < -0.3 is 5.11 Å². The molecule has 0 atom stereocenters. The number of hydrogen-bond acceptors (Lipinski definition) is 6. The Labute approximate surface area is 159 Å². The van der Waals surface area contributed by atoms with Crippen LogP contribution in [0.4, 0.5) is 11.6 Å². The van der Waals surface area contributed by atoms with Crippen LogP contribution in [0.5, 0.6) is 0 Å². The van der Waals surface area contributed by atoms with Crippen LogP contribution in [0, 0.1) is 6.92 Å². The van der Waals surface area contributed by atoms with Crippen LogP contribution in [-0.4, -0.2) is 26.9 Å². The van der Waals surface area contributed by atoms with Crippen molar-refractivity contribution in [1.29, 1.82) is 0 Å². The summed E-state index contributed by atoms with van der Waals surface area (Å²) < 4.78 is 0. The molecule has 9 heteroatoms. The van der Waals surface area contributed by atoms with Crippen molar-refractivity contribution in [3.63, 3.8) is 0 Å². The van der Waals surface area contributed by atoms with Crippen LogP contribution in [0.25, 0.3) is 0 Å². The molecule has 3 aromatic rings. The summed E-state index contributed by atoms with van der Waals surface area (Å²) in [5.74, 6) is -0.681. The Morgan fingerprint density at radius 3 is 2.43 bits per heavy atom. The monoisotopic (exact) mass is 376 g/mol. The number of nitrogens with zero attached hydrogens (tertiary/aromatic N) is 4. The smallest absolute Gasteiger partial charge is 0.335 e. The molecule has 0 fully saturated rings. The van der Waals surface area contributed by atoms with E-state index in [0.717, 1.165) is 0 Å². The molecule has 1 aromatic heterocycles. The van der Waals surface area contributed by atoms with Crippen LogP contribution in [0.2, 0.25) is 0 Å². The Morgan fingerprint density at radius 1 is 1.07 bits per heavy atom. The zero-order valence-corrected chi connectivity index (χ0v) is 14.8. The van der Waals surface area contributed by atoms with Crippen molar-refractivity contribution in [1.82, 2.24) is 9.97 Å². The second kappa shape index (κ2) is 8.49. The van der Waals surface area contributed by atoms with E-state index in [-0.39, 0.29) is 22.9 Å². The van der Waals surface area contributed by atoms with E-state index in [1.54, 1.807) is 31.2 Å². The molecule has 9 nitrogen and oxygen atoms in total. The minimum Gasteiger partial charge on any atom is -0.478 e. The summed E-state index contributed by atoms with van der Waals surface area (Å²) in [4.78, 5) is 29.0. The molecule has 0 radical (unpaired) electrons. The molecular formula is C19H16N6O3. The summed E-state index contributed by atoms with van der Waals surface area (Å²) >= 11 is 0. The number of aromatic amines is 1. The van der Waals surface area contributed by atoms with E-state index in [2.05, 4.69) is 30.7 Å². The molecule has 3 N–H and O–H groups in total. The lowest BCUT2D eigenvalue weighted by atomic mass is 10.2. The average molecular weight is 376 g/mol. The Balaban J connectivity index is 1.88. The molecular weight excluding hydrogens is 360 g/mol. The first-order valence-corrected chi connectivity index (χ1v) is 8.23. The van der Waals surface area contributed by atoms with E-state index in [1.165, 1.54) is 18.2 Å². The van der Waals surface area contributed by atoms with Crippen molar-refractivity contribution in [2.24, 2.45) is 15.3 Å². The predicted molar refractivity (Wildman–Crippen MR) is 104 cm³/mol. The molecule has 0 saturated heterocycles. The highest BCUT2D eigenvalue weighted by molar-refractivity contribution is 5.99. The number of nitrogens with one attached hydrogen (secondary N) is 2. The maximum Gasteiger partial charge on any atom is 0.335 e. The number of hydrazone groups is 1. The van der Waals surface area contributed by atoms with Gasteiger partial charge in [0.15, 0.2) is 0 Å². The number of benzene rings is 2. The van der Waals surface area contributed by atoms with Gasteiger partial charge in [-0.3, -0.25) is 15.2 Å². The van der Waals surface area contributed by atoms with Gasteiger partial charge >= 0.3 is 5.97 Å². The summed E-state index contributed by atoms with van der Waals surface area (Å²) in [6.07, 6.45) is 0. The average Bonchev–Trinajstić information content (AvgIpc) is 2.68. The third kappa shape index (κ3) is 4.94. The number of carbonyl (C=O) groups is 1. The van der Waals surface area contributed by atoms with Gasteiger partial charge in [0.05, 0.1) is 11.3 Å². The fraction of sp³-hybridized carbons (Fsp3) is 0.0526. The lowest BCUT2D eigenvalue weighted by Gasteiger charge is -2.04. The molecule has 3 rings (SSSR count). The van der Waals surface area contributed by atoms with E-state index in [1.807, 2.05) is 18.2 Å². The molecule has 1 heterocycles. The van der Waals surface area contributed by atoms with Crippen LogP contribution < -0.4 is 11.0 Å². The van der Waals surface area contributed by atoms with Crippen molar-refractivity contribution in [3.8, 4) is 0 Å². The van der Waals surface area contributed by atoms with Crippen LogP contribution in [0.1, 0.15) is 21.6 Å². The maximum absolute atomic E-state index is 11.5. The van der Waals surface area contributed by atoms with Crippen molar-refractivity contribution < 1.29 is 9.90 Å². The van der Waals surface area contributed by atoms with E-state index in [9.17, 15) is 9.59 Å². The van der Waals surface area contributed by atoms with Crippen molar-refractivity contribution in [2.75, 3.05) is 5.43 Å². The number of aryl methyl sites for hydroxylation is 1. The molecule has 0 spiro atoms. The predicted octanol–water partition coefficient (Wildman–Crippen LogP) is 3.33. The van der Waals surface area contributed by atoms with Crippen molar-refractivity contribution in [2.45, 2.75) is 6.92 Å². The van der Waals surface area contributed by atoms with Crippen LogP contribution in [0.15, 0.2) is 80.8 Å². The van der Waals surface area contributed by atoms with Gasteiger partial charge in [-0.2, -0.15) is 5.10 Å². The largest absolute Gasteiger partial charge is 0.478 e. The standard InChI is InChI=1S/C19H16N6O3/c1-12-11-16(26)21-19(20-12)25-24-17(13-5-3-2-4-6-13)23-22-15-9-7-14(8-10-15)18(27)28/h2-11,22H,1H3,(H,27,28)(H,20,21,26). The number of rotatable bonds is 5. The topological polar surface area (TPSA) is 132 Å². The minimum absolute atomic E-state index is 0.0689. The number of azo groups is 1. The van der Waals surface area contributed by atoms with Gasteiger partial charge in [-0.1, -0.05) is 30.3 Å². The lowest BCUT2D eigenvalue weighted by Crippen LogP contribution is -2.06. The summed E-state index contributed by atoms with van der Waals surface area (Å²) in [6, 6.07) is 16.6. The molecule has 2 aromatic carbocycles. The molecule has 0 aliphatic carbocycles. The Kier molecular flexibility index (Phi) is 5.66. The summed E-state index contributed by atoms with van der Waals surface area (Å²) in [7, 11) is 0. The highest BCUT2D eigenvalue weighted by Crippen LogP contribution is 2.12. The van der Waals surface area contributed by atoms with E-state index < -0.39 is 5.97 Å². The first-order valence-electron chi connectivity index (χ1n) is 8.23. The second-order valence-electron chi connectivity index (χ2n) is 5.71. The number of anilines is 1. The number of H-pyrrole nitrogens is 1. The number of aromatic nitrogens is 2. The zero-order valence-electron chi connectivity index (χ0n) is 14.8. The summed E-state index contributed by atoms with van der Waals surface area (Å²) in [5, 5.41) is 21.2. The van der Waals surface area contributed by atoms with Crippen molar-refractivity contribution >= 4 is 23.4 Å². The van der Waals surface area contributed by atoms with Gasteiger partial charge in [0, 0.05) is 17.3 Å². The van der Waals surface area contributed by atoms with E-state index in [0.29, 0.717) is 16.9 Å². The number of amidine groups is 1. The SMILES string of the molecule is Cc1cc(=O)[nH]c(N=NC(=NNc2ccc(C(=O)O)cc2)c2ccccc2)n1. The minimum atomic E-state index is -1.01. The molecule has 0 amide bonds. The number of hydrogen-bond donors (Lipinski definition) is 3. The van der Waals surface area contributed by atoms with Gasteiger partial charge in [0.1, 0.15) is 0 Å². The van der Waals surface area contributed by atoms with Crippen LogP contribution in [0.3, 0.4) is 0 Å². The van der Waals surface area contributed by atoms with E-state index >= 15 is 0 Å². The second-order valence-corrected chi connectivity index (χ2v) is 5.71. The highest BCUT2D eigenvalue weighted by Gasteiger charge is 2.05. The lowest BCUT2D eigenvalue weighted by molar-refractivity contribution is 0.0697.